The minimum atomic E-state index is 0.163. The summed E-state index contributed by atoms with van der Waals surface area (Å²) < 4.78 is 7.43. The molecule has 0 aliphatic carbocycles. The number of carbonyl (C=O) groups is 1. The predicted molar refractivity (Wildman–Crippen MR) is 93.1 cm³/mol. The summed E-state index contributed by atoms with van der Waals surface area (Å²) >= 11 is 6.05. The molecule has 1 unspecified atom stereocenters. The summed E-state index contributed by atoms with van der Waals surface area (Å²) in [5, 5.41) is 4.82. The molecule has 24 heavy (non-hydrogen) atoms. The van der Waals surface area contributed by atoms with E-state index in [1.807, 2.05) is 42.5 Å². The van der Waals surface area contributed by atoms with Crippen molar-refractivity contribution < 1.29 is 9.53 Å². The Labute approximate surface area is 147 Å². The van der Waals surface area contributed by atoms with Crippen LogP contribution in [0.15, 0.2) is 36.7 Å². The summed E-state index contributed by atoms with van der Waals surface area (Å²) in [6, 6.07) is 7.55. The Morgan fingerprint density at radius 1 is 1.42 bits per heavy atom. The molecule has 1 aromatic carbocycles. The van der Waals surface area contributed by atoms with E-state index in [1.54, 1.807) is 10.7 Å². The monoisotopic (exact) mass is 347 g/mol. The number of nitrogens with zero attached hydrogens (tertiary/aromatic N) is 3. The first-order valence-corrected chi connectivity index (χ1v) is 8.68. The molecule has 0 spiro atoms. The van der Waals surface area contributed by atoms with Crippen molar-refractivity contribution in [3.05, 3.63) is 47.2 Å². The number of benzene rings is 1. The molecule has 2 aromatic rings. The van der Waals surface area contributed by atoms with Crippen LogP contribution in [0.3, 0.4) is 0 Å². The van der Waals surface area contributed by atoms with Crippen LogP contribution >= 0.6 is 11.6 Å². The Bertz CT molecular complexity index is 701. The van der Waals surface area contributed by atoms with Gasteiger partial charge in [-0.1, -0.05) is 23.7 Å². The van der Waals surface area contributed by atoms with Gasteiger partial charge in [0.2, 0.25) is 5.91 Å². The third-order valence-corrected chi connectivity index (χ3v) is 4.62. The fraction of sp³-hybridized carbons (Fsp3) is 0.444. The SMILES string of the molecule is Cn1cc(C2CCCN2C(=O)CCCOc2ccccc2Cl)cn1. The molecule has 1 fully saturated rings. The molecule has 0 saturated carbocycles. The largest absolute Gasteiger partial charge is 0.492 e. The van der Waals surface area contributed by atoms with Gasteiger partial charge in [-0.3, -0.25) is 9.48 Å². The lowest BCUT2D eigenvalue weighted by Gasteiger charge is -2.24. The zero-order valence-electron chi connectivity index (χ0n) is 13.8. The minimum Gasteiger partial charge on any atom is -0.492 e. The Morgan fingerprint density at radius 2 is 2.25 bits per heavy atom. The zero-order chi connectivity index (χ0) is 16.9. The molecule has 3 rings (SSSR count). The van der Waals surface area contributed by atoms with E-state index in [0.29, 0.717) is 30.2 Å². The molecule has 2 heterocycles. The van der Waals surface area contributed by atoms with Crippen molar-refractivity contribution in [2.24, 2.45) is 7.05 Å². The summed E-state index contributed by atoms with van der Waals surface area (Å²) in [6.07, 6.45) is 7.07. The number of aryl methyl sites for hydroxylation is 1. The average molecular weight is 348 g/mol. The van der Waals surface area contributed by atoms with Gasteiger partial charge in [0.05, 0.1) is 23.9 Å². The number of ether oxygens (including phenoxy) is 1. The number of halogens is 1. The molecule has 1 aromatic heterocycles. The van der Waals surface area contributed by atoms with Crippen LogP contribution in [0.2, 0.25) is 5.02 Å². The summed E-state index contributed by atoms with van der Waals surface area (Å²) in [7, 11) is 1.90. The molecule has 1 aliphatic heterocycles. The smallest absolute Gasteiger partial charge is 0.223 e. The number of rotatable bonds is 6. The first-order valence-electron chi connectivity index (χ1n) is 8.30. The molecule has 0 N–H and O–H groups in total. The van der Waals surface area contributed by atoms with Crippen LogP contribution in [0.4, 0.5) is 0 Å². The maximum absolute atomic E-state index is 12.5. The molecular formula is C18H22ClN3O2. The van der Waals surface area contributed by atoms with E-state index in [0.717, 1.165) is 24.9 Å². The van der Waals surface area contributed by atoms with Crippen molar-refractivity contribution in [2.75, 3.05) is 13.2 Å². The summed E-state index contributed by atoms with van der Waals surface area (Å²) in [6.45, 7) is 1.31. The van der Waals surface area contributed by atoms with E-state index in [9.17, 15) is 4.79 Å². The molecule has 5 nitrogen and oxygen atoms in total. The highest BCUT2D eigenvalue weighted by Gasteiger charge is 2.30. The van der Waals surface area contributed by atoms with Crippen molar-refractivity contribution >= 4 is 17.5 Å². The quantitative estimate of drug-likeness (QED) is 0.750. The van der Waals surface area contributed by atoms with Crippen molar-refractivity contribution in [2.45, 2.75) is 31.7 Å². The van der Waals surface area contributed by atoms with Crippen LogP contribution < -0.4 is 4.74 Å². The number of amides is 1. The molecule has 1 atom stereocenters. The van der Waals surface area contributed by atoms with Gasteiger partial charge in [-0.15, -0.1) is 0 Å². The molecule has 1 saturated heterocycles. The summed E-state index contributed by atoms with van der Waals surface area (Å²) in [5.74, 6) is 0.852. The van der Waals surface area contributed by atoms with Crippen LogP contribution in [-0.2, 0) is 11.8 Å². The normalized spacial score (nSPS) is 17.2. The Morgan fingerprint density at radius 3 is 3.00 bits per heavy atom. The maximum atomic E-state index is 12.5. The molecule has 0 bridgehead atoms. The zero-order valence-corrected chi connectivity index (χ0v) is 14.6. The van der Waals surface area contributed by atoms with Gasteiger partial charge in [-0.2, -0.15) is 5.10 Å². The second-order valence-electron chi connectivity index (χ2n) is 6.07. The molecule has 1 amide bonds. The van der Waals surface area contributed by atoms with Gasteiger partial charge in [0.15, 0.2) is 0 Å². The fourth-order valence-corrected chi connectivity index (χ4v) is 3.33. The fourth-order valence-electron chi connectivity index (χ4n) is 3.13. The molecular weight excluding hydrogens is 326 g/mol. The topological polar surface area (TPSA) is 47.4 Å². The Balaban J connectivity index is 1.49. The average Bonchev–Trinajstić information content (AvgIpc) is 3.21. The first-order chi connectivity index (χ1) is 11.6. The van der Waals surface area contributed by atoms with Crippen LogP contribution in [0.5, 0.6) is 5.75 Å². The van der Waals surface area contributed by atoms with Crippen molar-refractivity contribution in [1.29, 1.82) is 0 Å². The van der Waals surface area contributed by atoms with Crippen LogP contribution in [0.1, 0.15) is 37.3 Å². The summed E-state index contributed by atoms with van der Waals surface area (Å²) in [5.41, 5.74) is 1.12. The number of likely N-dealkylation sites (tertiary alicyclic amines) is 1. The highest BCUT2D eigenvalue weighted by atomic mass is 35.5. The van der Waals surface area contributed by atoms with Gasteiger partial charge in [0.25, 0.3) is 0 Å². The van der Waals surface area contributed by atoms with Crippen molar-refractivity contribution in [1.82, 2.24) is 14.7 Å². The lowest BCUT2D eigenvalue weighted by Crippen LogP contribution is -2.30. The third kappa shape index (κ3) is 3.90. The first kappa shape index (κ1) is 16.8. The van der Waals surface area contributed by atoms with Gasteiger partial charge in [0, 0.05) is 31.8 Å². The highest BCUT2D eigenvalue weighted by Crippen LogP contribution is 2.32. The van der Waals surface area contributed by atoms with Crippen LogP contribution in [-0.4, -0.2) is 33.7 Å². The number of aromatic nitrogens is 2. The number of hydrogen-bond donors (Lipinski definition) is 0. The van der Waals surface area contributed by atoms with Gasteiger partial charge in [0.1, 0.15) is 5.75 Å². The summed E-state index contributed by atoms with van der Waals surface area (Å²) in [4.78, 5) is 14.5. The van der Waals surface area contributed by atoms with E-state index < -0.39 is 0 Å². The molecule has 128 valence electrons. The lowest BCUT2D eigenvalue weighted by atomic mass is 10.1. The maximum Gasteiger partial charge on any atom is 0.223 e. The van der Waals surface area contributed by atoms with Gasteiger partial charge >= 0.3 is 0 Å². The standard InChI is InChI=1S/C18H22ClN3O2/c1-21-13-14(12-20-21)16-7-4-10-22(16)18(23)9-5-11-24-17-8-3-2-6-15(17)19/h2-3,6,8,12-13,16H,4-5,7,9-11H2,1H3. The van der Waals surface area contributed by atoms with Gasteiger partial charge in [-0.25, -0.2) is 0 Å². The molecule has 6 heteroatoms. The van der Waals surface area contributed by atoms with E-state index >= 15 is 0 Å². The Kier molecular flexibility index (Phi) is 5.41. The predicted octanol–water partition coefficient (Wildman–Crippen LogP) is 3.60. The Hall–Kier alpha value is -2.01. The number of carbonyl (C=O) groups excluding carboxylic acids is 1. The third-order valence-electron chi connectivity index (χ3n) is 4.31. The lowest BCUT2D eigenvalue weighted by molar-refractivity contribution is -0.132. The minimum absolute atomic E-state index is 0.163. The number of hydrogen-bond acceptors (Lipinski definition) is 3. The highest BCUT2D eigenvalue weighted by molar-refractivity contribution is 6.32. The van der Waals surface area contributed by atoms with E-state index in [-0.39, 0.29) is 11.9 Å². The van der Waals surface area contributed by atoms with E-state index in [2.05, 4.69) is 5.10 Å². The van der Waals surface area contributed by atoms with Gasteiger partial charge < -0.3 is 9.64 Å². The van der Waals surface area contributed by atoms with E-state index in [1.165, 1.54) is 0 Å². The van der Waals surface area contributed by atoms with Gasteiger partial charge in [-0.05, 0) is 31.4 Å². The second-order valence-corrected chi connectivity index (χ2v) is 6.48. The molecule has 0 radical (unpaired) electrons. The van der Waals surface area contributed by atoms with E-state index in [4.69, 9.17) is 16.3 Å². The van der Waals surface area contributed by atoms with Crippen LogP contribution in [0, 0.1) is 0 Å². The van der Waals surface area contributed by atoms with Crippen LogP contribution in [0.25, 0.3) is 0 Å². The number of para-hydroxylation sites is 1. The van der Waals surface area contributed by atoms with Crippen molar-refractivity contribution in [3.63, 3.8) is 0 Å². The van der Waals surface area contributed by atoms with Crippen molar-refractivity contribution in [3.8, 4) is 5.75 Å². The second kappa shape index (κ2) is 7.71. The molecule has 1 aliphatic rings.